The third-order valence-electron chi connectivity index (χ3n) is 2.08. The Labute approximate surface area is 87.4 Å². The fraction of sp³-hybridized carbons (Fsp3) is 0.875. The zero-order valence-electron chi connectivity index (χ0n) is 9.13. The number of carbonyl (C=O) groups is 1. The molecule has 88 valence electrons. The van der Waals surface area contributed by atoms with Crippen molar-refractivity contribution in [1.82, 2.24) is 0 Å². The molecule has 0 amide bonds. The molecule has 0 N–H and O–H groups in total. The van der Waals surface area contributed by atoms with Gasteiger partial charge >= 0.3 is 5.97 Å². The van der Waals surface area contributed by atoms with E-state index >= 15 is 0 Å². The lowest BCUT2D eigenvalue weighted by Gasteiger charge is -2.22. The topological polar surface area (TPSA) is 87.9 Å². The normalized spacial score (nSPS) is 14.7. The molecule has 0 radical (unpaired) electrons. The van der Waals surface area contributed by atoms with Crippen LogP contribution in [0.1, 0.15) is 6.92 Å². The minimum absolute atomic E-state index is 0.577. The summed E-state index contributed by atoms with van der Waals surface area (Å²) < 4.78 is 14.1. The summed E-state index contributed by atoms with van der Waals surface area (Å²) in [5, 5.41) is 10.6. The van der Waals surface area contributed by atoms with Gasteiger partial charge in [0.2, 0.25) is 6.04 Å². The maximum Gasteiger partial charge on any atom is 0.320 e. The Kier molecular flexibility index (Phi) is 5.80. The summed E-state index contributed by atoms with van der Waals surface area (Å²) in [6.45, 7) is 1.30. The molecule has 0 aromatic heterocycles. The van der Waals surface area contributed by atoms with Crippen molar-refractivity contribution in [3.8, 4) is 0 Å². The zero-order valence-corrected chi connectivity index (χ0v) is 9.13. The second kappa shape index (κ2) is 6.31. The third-order valence-corrected chi connectivity index (χ3v) is 2.08. The SMILES string of the molecule is COC(=O)C(C(OC)OC)C(C)[N+](=O)[O-]. The van der Waals surface area contributed by atoms with E-state index in [9.17, 15) is 14.9 Å². The van der Waals surface area contributed by atoms with Crippen molar-refractivity contribution in [1.29, 1.82) is 0 Å². The van der Waals surface area contributed by atoms with Crippen LogP contribution in [0.15, 0.2) is 0 Å². The molecule has 0 saturated carbocycles. The summed E-state index contributed by atoms with van der Waals surface area (Å²) in [7, 11) is 3.76. The van der Waals surface area contributed by atoms with Crippen LogP contribution in [0.25, 0.3) is 0 Å². The van der Waals surface area contributed by atoms with Crippen LogP contribution in [-0.4, -0.2) is 44.6 Å². The molecule has 15 heavy (non-hydrogen) atoms. The molecular weight excluding hydrogens is 206 g/mol. The predicted octanol–water partition coefficient (Wildman–Crippen LogP) is 0.0597. The fourth-order valence-electron chi connectivity index (χ4n) is 1.19. The average molecular weight is 221 g/mol. The monoisotopic (exact) mass is 221 g/mol. The first-order valence-corrected chi connectivity index (χ1v) is 4.26. The molecule has 2 unspecified atom stereocenters. The van der Waals surface area contributed by atoms with E-state index in [1.165, 1.54) is 21.1 Å². The highest BCUT2D eigenvalue weighted by molar-refractivity contribution is 5.73. The number of nitro groups is 1. The number of rotatable bonds is 6. The van der Waals surface area contributed by atoms with Crippen molar-refractivity contribution < 1.29 is 23.9 Å². The molecule has 0 aliphatic rings. The Morgan fingerprint density at radius 1 is 1.27 bits per heavy atom. The lowest BCUT2D eigenvalue weighted by Crippen LogP contribution is -2.43. The Hall–Kier alpha value is -1.21. The van der Waals surface area contributed by atoms with Crippen molar-refractivity contribution in [2.45, 2.75) is 19.3 Å². The van der Waals surface area contributed by atoms with Gasteiger partial charge in [0.25, 0.3) is 0 Å². The molecule has 0 fully saturated rings. The van der Waals surface area contributed by atoms with Crippen LogP contribution in [0.4, 0.5) is 0 Å². The maximum absolute atomic E-state index is 11.3. The van der Waals surface area contributed by atoms with Gasteiger partial charge in [0.15, 0.2) is 12.2 Å². The lowest BCUT2D eigenvalue weighted by molar-refractivity contribution is -0.530. The molecule has 7 nitrogen and oxygen atoms in total. The van der Waals surface area contributed by atoms with Gasteiger partial charge in [-0.3, -0.25) is 14.9 Å². The quantitative estimate of drug-likeness (QED) is 0.273. The molecule has 0 aromatic carbocycles. The second-order valence-corrected chi connectivity index (χ2v) is 2.91. The second-order valence-electron chi connectivity index (χ2n) is 2.91. The molecule has 0 aliphatic carbocycles. The van der Waals surface area contributed by atoms with E-state index in [2.05, 4.69) is 4.74 Å². The van der Waals surface area contributed by atoms with Crippen LogP contribution in [0.3, 0.4) is 0 Å². The van der Waals surface area contributed by atoms with Gasteiger partial charge in [-0.2, -0.15) is 0 Å². The van der Waals surface area contributed by atoms with Gasteiger partial charge in [-0.25, -0.2) is 0 Å². The number of esters is 1. The van der Waals surface area contributed by atoms with Crippen molar-refractivity contribution in [2.75, 3.05) is 21.3 Å². The first-order chi connectivity index (χ1) is 6.99. The van der Waals surface area contributed by atoms with Gasteiger partial charge in [0, 0.05) is 26.1 Å². The molecule has 0 rings (SSSR count). The highest BCUT2D eigenvalue weighted by atomic mass is 16.7. The summed E-state index contributed by atoms with van der Waals surface area (Å²) in [5.41, 5.74) is 0. The summed E-state index contributed by atoms with van der Waals surface area (Å²) in [6.07, 6.45) is -0.988. The Morgan fingerprint density at radius 3 is 2.00 bits per heavy atom. The van der Waals surface area contributed by atoms with Gasteiger partial charge in [0.1, 0.15) is 0 Å². The van der Waals surface area contributed by atoms with Gasteiger partial charge < -0.3 is 14.2 Å². The summed E-state index contributed by atoms with van der Waals surface area (Å²) in [6, 6.07) is -1.14. The van der Waals surface area contributed by atoms with Gasteiger partial charge in [-0.1, -0.05) is 0 Å². The number of methoxy groups -OCH3 is 3. The minimum atomic E-state index is -1.14. The van der Waals surface area contributed by atoms with Crippen molar-refractivity contribution in [2.24, 2.45) is 5.92 Å². The summed E-state index contributed by atoms with van der Waals surface area (Å²) >= 11 is 0. The molecular formula is C8H15NO6. The van der Waals surface area contributed by atoms with Gasteiger partial charge in [0.05, 0.1) is 7.11 Å². The van der Waals surface area contributed by atoms with Crippen LogP contribution < -0.4 is 0 Å². The van der Waals surface area contributed by atoms with Gasteiger partial charge in [-0.05, 0) is 0 Å². The first kappa shape index (κ1) is 13.8. The van der Waals surface area contributed by atoms with E-state index in [1.807, 2.05) is 0 Å². The van der Waals surface area contributed by atoms with E-state index in [0.29, 0.717) is 0 Å². The molecule has 0 heterocycles. The largest absolute Gasteiger partial charge is 0.468 e. The number of hydrogen-bond acceptors (Lipinski definition) is 6. The standard InChI is InChI=1S/C8H15NO6/c1-5(9(11)12)6(7(10)13-2)8(14-3)15-4/h5-6,8H,1-4H3. The Morgan fingerprint density at radius 2 is 1.73 bits per heavy atom. The molecule has 0 aromatic rings. The van der Waals surface area contributed by atoms with Crippen LogP contribution in [0, 0.1) is 16.0 Å². The fourth-order valence-corrected chi connectivity index (χ4v) is 1.19. The third kappa shape index (κ3) is 3.45. The van der Waals surface area contributed by atoms with E-state index in [4.69, 9.17) is 9.47 Å². The molecule has 0 aliphatic heterocycles. The maximum atomic E-state index is 11.3. The van der Waals surface area contributed by atoms with Crippen LogP contribution >= 0.6 is 0 Å². The van der Waals surface area contributed by atoms with Crippen LogP contribution in [0.2, 0.25) is 0 Å². The summed E-state index contributed by atoms with van der Waals surface area (Å²) in [4.78, 5) is 21.3. The van der Waals surface area contributed by atoms with Crippen LogP contribution in [-0.2, 0) is 19.0 Å². The highest BCUT2D eigenvalue weighted by Crippen LogP contribution is 2.17. The van der Waals surface area contributed by atoms with Crippen molar-refractivity contribution >= 4 is 5.97 Å². The molecule has 0 spiro atoms. The minimum Gasteiger partial charge on any atom is -0.468 e. The van der Waals surface area contributed by atoms with Gasteiger partial charge in [-0.15, -0.1) is 0 Å². The Bertz CT molecular complexity index is 227. The van der Waals surface area contributed by atoms with Crippen LogP contribution in [0.5, 0.6) is 0 Å². The van der Waals surface area contributed by atoms with Crippen molar-refractivity contribution in [3.63, 3.8) is 0 Å². The number of hydrogen-bond donors (Lipinski definition) is 0. The van der Waals surface area contributed by atoms with E-state index in [1.54, 1.807) is 0 Å². The lowest BCUT2D eigenvalue weighted by atomic mass is 10.0. The number of ether oxygens (including phenoxy) is 3. The number of carbonyl (C=O) groups excluding carboxylic acids is 1. The predicted molar refractivity (Wildman–Crippen MR) is 49.8 cm³/mol. The highest BCUT2D eigenvalue weighted by Gasteiger charge is 2.41. The van der Waals surface area contributed by atoms with Crippen molar-refractivity contribution in [3.05, 3.63) is 10.1 Å². The number of nitrogens with zero attached hydrogens (tertiary/aromatic N) is 1. The first-order valence-electron chi connectivity index (χ1n) is 4.26. The molecule has 2 atom stereocenters. The smallest absolute Gasteiger partial charge is 0.320 e. The molecule has 7 heteroatoms. The Balaban J connectivity index is 4.86. The van der Waals surface area contributed by atoms with E-state index < -0.39 is 29.1 Å². The molecule has 0 bridgehead atoms. The average Bonchev–Trinajstić information content (AvgIpc) is 2.23. The van der Waals surface area contributed by atoms with E-state index in [-0.39, 0.29) is 0 Å². The zero-order chi connectivity index (χ0) is 12.0. The molecule has 0 saturated heterocycles. The van der Waals surface area contributed by atoms with E-state index in [0.717, 1.165) is 7.11 Å². The summed E-state index contributed by atoms with van der Waals surface area (Å²) in [5.74, 6) is -1.81.